The van der Waals surface area contributed by atoms with Crippen molar-refractivity contribution in [2.75, 3.05) is 27.3 Å². The average molecular weight is 188 g/mol. The SMILES string of the molecule is COC(=O)N1CC(N)(C(=O)OC)C1. The van der Waals surface area contributed by atoms with Crippen molar-refractivity contribution in [1.82, 2.24) is 4.90 Å². The van der Waals surface area contributed by atoms with Crippen molar-refractivity contribution in [2.24, 2.45) is 5.73 Å². The summed E-state index contributed by atoms with van der Waals surface area (Å²) in [6, 6.07) is 0. The van der Waals surface area contributed by atoms with Crippen molar-refractivity contribution >= 4 is 12.1 Å². The summed E-state index contributed by atoms with van der Waals surface area (Å²) in [4.78, 5) is 23.3. The van der Waals surface area contributed by atoms with Crippen LogP contribution >= 0.6 is 0 Å². The smallest absolute Gasteiger partial charge is 0.409 e. The van der Waals surface area contributed by atoms with Gasteiger partial charge >= 0.3 is 12.1 Å². The van der Waals surface area contributed by atoms with Gasteiger partial charge in [-0.15, -0.1) is 0 Å². The van der Waals surface area contributed by atoms with Crippen LogP contribution in [-0.4, -0.2) is 49.8 Å². The number of likely N-dealkylation sites (tertiary alicyclic amines) is 1. The first-order chi connectivity index (χ1) is 6.03. The summed E-state index contributed by atoms with van der Waals surface area (Å²) < 4.78 is 8.92. The number of carbonyl (C=O) groups is 2. The molecule has 13 heavy (non-hydrogen) atoms. The van der Waals surface area contributed by atoms with Crippen LogP contribution in [0.1, 0.15) is 0 Å². The van der Waals surface area contributed by atoms with Gasteiger partial charge in [0.05, 0.1) is 27.3 Å². The van der Waals surface area contributed by atoms with E-state index in [4.69, 9.17) is 5.73 Å². The maximum Gasteiger partial charge on any atom is 0.409 e. The third kappa shape index (κ3) is 1.57. The molecule has 1 saturated heterocycles. The molecule has 1 aliphatic rings. The molecule has 0 spiro atoms. The Hall–Kier alpha value is -1.30. The van der Waals surface area contributed by atoms with Crippen molar-refractivity contribution in [3.8, 4) is 0 Å². The summed E-state index contributed by atoms with van der Waals surface area (Å²) in [6.45, 7) is 0.290. The number of carbonyl (C=O) groups excluding carboxylic acids is 2. The van der Waals surface area contributed by atoms with Crippen molar-refractivity contribution in [1.29, 1.82) is 0 Å². The summed E-state index contributed by atoms with van der Waals surface area (Å²) in [5.41, 5.74) is 4.56. The van der Waals surface area contributed by atoms with Crippen LogP contribution in [-0.2, 0) is 14.3 Å². The molecule has 0 aromatic heterocycles. The zero-order valence-electron chi connectivity index (χ0n) is 7.57. The van der Waals surface area contributed by atoms with Gasteiger partial charge in [-0.3, -0.25) is 0 Å². The predicted molar refractivity (Wildman–Crippen MR) is 42.9 cm³/mol. The van der Waals surface area contributed by atoms with E-state index in [1.807, 2.05) is 0 Å². The number of ether oxygens (including phenoxy) is 2. The minimum Gasteiger partial charge on any atom is -0.468 e. The monoisotopic (exact) mass is 188 g/mol. The third-order valence-electron chi connectivity index (χ3n) is 1.97. The molecule has 0 aromatic rings. The molecule has 0 unspecified atom stereocenters. The minimum atomic E-state index is -1.05. The zero-order valence-corrected chi connectivity index (χ0v) is 7.57. The van der Waals surface area contributed by atoms with Crippen LogP contribution in [0.2, 0.25) is 0 Å². The molecule has 0 aromatic carbocycles. The van der Waals surface area contributed by atoms with E-state index in [1.165, 1.54) is 19.1 Å². The van der Waals surface area contributed by atoms with E-state index in [-0.39, 0.29) is 13.1 Å². The normalized spacial score (nSPS) is 18.8. The number of nitrogens with zero attached hydrogens (tertiary/aromatic N) is 1. The van der Waals surface area contributed by atoms with E-state index >= 15 is 0 Å². The topological polar surface area (TPSA) is 81.9 Å². The second-order valence-corrected chi connectivity index (χ2v) is 2.97. The molecule has 1 fully saturated rings. The van der Waals surface area contributed by atoms with Crippen molar-refractivity contribution in [2.45, 2.75) is 5.54 Å². The highest BCUT2D eigenvalue weighted by molar-refractivity contribution is 5.85. The molecule has 0 atom stereocenters. The lowest BCUT2D eigenvalue weighted by atomic mass is 9.92. The Morgan fingerprint density at radius 3 is 2.23 bits per heavy atom. The number of nitrogens with two attached hydrogens (primary N) is 1. The Balaban J connectivity index is 2.47. The van der Waals surface area contributed by atoms with Crippen LogP contribution in [0.5, 0.6) is 0 Å². The van der Waals surface area contributed by atoms with E-state index in [0.29, 0.717) is 0 Å². The largest absolute Gasteiger partial charge is 0.468 e. The predicted octanol–water partition coefficient (Wildman–Crippen LogP) is -1.06. The first-order valence-electron chi connectivity index (χ1n) is 3.73. The van der Waals surface area contributed by atoms with E-state index < -0.39 is 17.6 Å². The summed E-state index contributed by atoms with van der Waals surface area (Å²) in [5.74, 6) is -0.507. The first-order valence-corrected chi connectivity index (χ1v) is 3.73. The lowest BCUT2D eigenvalue weighted by molar-refractivity contribution is -0.152. The number of hydrogen-bond acceptors (Lipinski definition) is 5. The van der Waals surface area contributed by atoms with Gasteiger partial charge in [0.1, 0.15) is 0 Å². The van der Waals surface area contributed by atoms with Crippen LogP contribution in [0.15, 0.2) is 0 Å². The Kier molecular flexibility index (Phi) is 2.42. The molecule has 2 N–H and O–H groups in total. The summed E-state index contributed by atoms with van der Waals surface area (Å²) >= 11 is 0. The molecule has 1 heterocycles. The van der Waals surface area contributed by atoms with Gasteiger partial charge < -0.3 is 20.1 Å². The fourth-order valence-electron chi connectivity index (χ4n) is 1.23. The number of methoxy groups -OCH3 is 2. The Morgan fingerprint density at radius 1 is 1.31 bits per heavy atom. The average Bonchev–Trinajstić information content (AvgIpc) is 2.10. The molecule has 1 amide bonds. The molecule has 6 nitrogen and oxygen atoms in total. The summed E-state index contributed by atoms with van der Waals surface area (Å²) in [5, 5.41) is 0. The summed E-state index contributed by atoms with van der Waals surface area (Å²) in [7, 11) is 2.54. The van der Waals surface area contributed by atoms with Gasteiger partial charge in [0.15, 0.2) is 5.54 Å². The molecule has 6 heteroatoms. The number of amides is 1. The van der Waals surface area contributed by atoms with Gasteiger partial charge in [0.25, 0.3) is 0 Å². The van der Waals surface area contributed by atoms with Crippen LogP contribution in [0, 0.1) is 0 Å². The van der Waals surface area contributed by atoms with Crippen LogP contribution in [0.25, 0.3) is 0 Å². The highest BCUT2D eigenvalue weighted by atomic mass is 16.5. The summed E-state index contributed by atoms with van der Waals surface area (Å²) in [6.07, 6.45) is -0.482. The number of rotatable bonds is 1. The quantitative estimate of drug-likeness (QED) is 0.530. The molecular weight excluding hydrogens is 176 g/mol. The molecule has 74 valence electrons. The van der Waals surface area contributed by atoms with Gasteiger partial charge in [-0.1, -0.05) is 0 Å². The Labute approximate surface area is 75.6 Å². The van der Waals surface area contributed by atoms with E-state index in [9.17, 15) is 9.59 Å². The highest BCUT2D eigenvalue weighted by Crippen LogP contribution is 2.19. The fourth-order valence-corrected chi connectivity index (χ4v) is 1.23. The van der Waals surface area contributed by atoms with Gasteiger partial charge in [0.2, 0.25) is 0 Å². The van der Waals surface area contributed by atoms with Crippen LogP contribution in [0.4, 0.5) is 4.79 Å². The molecule has 0 aliphatic carbocycles. The highest BCUT2D eigenvalue weighted by Gasteiger charge is 2.49. The first kappa shape index (κ1) is 9.79. The zero-order chi connectivity index (χ0) is 10.1. The molecule has 1 aliphatic heterocycles. The van der Waals surface area contributed by atoms with Crippen LogP contribution < -0.4 is 5.73 Å². The second-order valence-electron chi connectivity index (χ2n) is 2.97. The standard InChI is InChI=1S/C7H12N2O4/c1-12-5(10)7(8)3-9(4-7)6(11)13-2/h3-4,8H2,1-2H3. The van der Waals surface area contributed by atoms with Crippen molar-refractivity contribution < 1.29 is 19.1 Å². The molecule has 1 rings (SSSR count). The van der Waals surface area contributed by atoms with E-state index in [1.54, 1.807) is 0 Å². The van der Waals surface area contributed by atoms with Crippen LogP contribution in [0.3, 0.4) is 0 Å². The lowest BCUT2D eigenvalue weighted by Gasteiger charge is -2.43. The molecule has 0 radical (unpaired) electrons. The van der Waals surface area contributed by atoms with E-state index in [0.717, 1.165) is 0 Å². The minimum absolute atomic E-state index is 0.145. The van der Waals surface area contributed by atoms with Gasteiger partial charge in [-0.2, -0.15) is 0 Å². The van der Waals surface area contributed by atoms with E-state index in [2.05, 4.69) is 9.47 Å². The lowest BCUT2D eigenvalue weighted by Crippen LogP contribution is -2.72. The maximum atomic E-state index is 11.0. The Bertz CT molecular complexity index is 235. The van der Waals surface area contributed by atoms with Gasteiger partial charge in [0, 0.05) is 0 Å². The van der Waals surface area contributed by atoms with Crippen molar-refractivity contribution in [3.63, 3.8) is 0 Å². The molecule has 0 saturated carbocycles. The number of hydrogen-bond donors (Lipinski definition) is 1. The Morgan fingerprint density at radius 2 is 1.85 bits per heavy atom. The second kappa shape index (κ2) is 3.21. The molecule has 0 bridgehead atoms. The molecular formula is C7H12N2O4. The third-order valence-corrected chi connectivity index (χ3v) is 1.97. The van der Waals surface area contributed by atoms with Gasteiger partial charge in [-0.05, 0) is 0 Å². The van der Waals surface area contributed by atoms with Crippen molar-refractivity contribution in [3.05, 3.63) is 0 Å². The van der Waals surface area contributed by atoms with Gasteiger partial charge in [-0.25, -0.2) is 9.59 Å². The number of esters is 1. The maximum absolute atomic E-state index is 11.0. The fraction of sp³-hybridized carbons (Fsp3) is 0.714.